The minimum atomic E-state index is 0.0339. The summed E-state index contributed by atoms with van der Waals surface area (Å²) in [5.74, 6) is 0.890. The summed E-state index contributed by atoms with van der Waals surface area (Å²) in [6.07, 6.45) is 3.96. The number of hydrogen-bond donors (Lipinski definition) is 0. The zero-order valence-corrected chi connectivity index (χ0v) is 12.4. The third-order valence-corrected chi connectivity index (χ3v) is 3.86. The largest absolute Gasteiger partial charge is 0.472 e. The fourth-order valence-corrected chi connectivity index (χ4v) is 2.72. The van der Waals surface area contributed by atoms with Gasteiger partial charge in [0, 0.05) is 26.2 Å². The molecule has 0 bridgehead atoms. The lowest BCUT2D eigenvalue weighted by Crippen LogP contribution is -2.34. The Bertz CT molecular complexity index is 594. The highest BCUT2D eigenvalue weighted by Gasteiger charge is 2.21. The molecule has 2 aromatic rings. The van der Waals surface area contributed by atoms with Crippen LogP contribution in [0.3, 0.4) is 0 Å². The molecule has 0 spiro atoms. The van der Waals surface area contributed by atoms with Gasteiger partial charge in [-0.1, -0.05) is 0 Å². The van der Waals surface area contributed by atoms with Crippen LogP contribution in [-0.4, -0.2) is 41.9 Å². The van der Waals surface area contributed by atoms with E-state index in [1.165, 1.54) is 12.5 Å². The van der Waals surface area contributed by atoms with Gasteiger partial charge in [-0.3, -0.25) is 9.69 Å². The lowest BCUT2D eigenvalue weighted by molar-refractivity contribution is 0.0760. The van der Waals surface area contributed by atoms with Crippen LogP contribution >= 0.6 is 11.6 Å². The Balaban J connectivity index is 1.58. The first kappa shape index (κ1) is 14.2. The molecule has 112 valence electrons. The fourth-order valence-electron chi connectivity index (χ4n) is 2.56. The lowest BCUT2D eigenvalue weighted by Gasteiger charge is -2.20. The number of furan rings is 2. The van der Waals surface area contributed by atoms with Crippen LogP contribution in [0.2, 0.25) is 5.22 Å². The van der Waals surface area contributed by atoms with E-state index in [1.54, 1.807) is 12.1 Å². The first-order chi connectivity index (χ1) is 10.2. The zero-order chi connectivity index (χ0) is 14.7. The Morgan fingerprint density at radius 1 is 1.19 bits per heavy atom. The van der Waals surface area contributed by atoms with Gasteiger partial charge in [0.25, 0.3) is 5.91 Å². The number of carbonyl (C=O) groups excluding carboxylic acids is 1. The quantitative estimate of drug-likeness (QED) is 0.875. The van der Waals surface area contributed by atoms with Crippen molar-refractivity contribution in [1.82, 2.24) is 9.80 Å². The van der Waals surface area contributed by atoms with Gasteiger partial charge in [0.05, 0.1) is 18.4 Å². The van der Waals surface area contributed by atoms with Crippen LogP contribution in [0.5, 0.6) is 0 Å². The van der Waals surface area contributed by atoms with Crippen molar-refractivity contribution in [2.75, 3.05) is 26.2 Å². The van der Waals surface area contributed by atoms with Crippen molar-refractivity contribution in [2.45, 2.75) is 13.0 Å². The van der Waals surface area contributed by atoms with Crippen LogP contribution in [0, 0.1) is 0 Å². The number of carbonyl (C=O) groups is 1. The SMILES string of the molecule is O=C(c1ccoc1)N1CCCN(Cc2ccc(Cl)o2)CC1. The van der Waals surface area contributed by atoms with Gasteiger partial charge in [-0.05, 0) is 36.2 Å². The molecule has 0 aromatic carbocycles. The maximum atomic E-state index is 12.3. The molecule has 0 saturated carbocycles. The molecule has 1 aliphatic heterocycles. The molecule has 0 N–H and O–H groups in total. The average Bonchev–Trinajstić information content (AvgIpc) is 3.08. The molecule has 3 heterocycles. The molecule has 0 radical (unpaired) electrons. The Labute approximate surface area is 128 Å². The summed E-state index contributed by atoms with van der Waals surface area (Å²) < 4.78 is 10.4. The summed E-state index contributed by atoms with van der Waals surface area (Å²) in [5.41, 5.74) is 0.612. The summed E-state index contributed by atoms with van der Waals surface area (Å²) >= 11 is 5.79. The number of hydrogen-bond acceptors (Lipinski definition) is 4. The monoisotopic (exact) mass is 308 g/mol. The Morgan fingerprint density at radius 2 is 2.10 bits per heavy atom. The molecule has 0 unspecified atom stereocenters. The predicted octanol–water partition coefficient (Wildman–Crippen LogP) is 2.87. The maximum Gasteiger partial charge on any atom is 0.257 e. The van der Waals surface area contributed by atoms with Gasteiger partial charge in [-0.25, -0.2) is 0 Å². The van der Waals surface area contributed by atoms with E-state index < -0.39 is 0 Å². The molecule has 6 heteroatoms. The van der Waals surface area contributed by atoms with Crippen molar-refractivity contribution >= 4 is 17.5 Å². The van der Waals surface area contributed by atoms with Crippen molar-refractivity contribution in [1.29, 1.82) is 0 Å². The van der Waals surface area contributed by atoms with Crippen LogP contribution < -0.4 is 0 Å². The van der Waals surface area contributed by atoms with E-state index >= 15 is 0 Å². The molecule has 1 aliphatic rings. The number of nitrogens with zero attached hydrogens (tertiary/aromatic N) is 2. The molecule has 21 heavy (non-hydrogen) atoms. The molecule has 2 aromatic heterocycles. The highest BCUT2D eigenvalue weighted by Crippen LogP contribution is 2.16. The van der Waals surface area contributed by atoms with Crippen LogP contribution in [0.1, 0.15) is 22.5 Å². The molecule has 1 saturated heterocycles. The van der Waals surface area contributed by atoms with E-state index in [0.29, 0.717) is 17.3 Å². The summed E-state index contributed by atoms with van der Waals surface area (Å²) in [5, 5.41) is 0.414. The second-order valence-corrected chi connectivity index (χ2v) is 5.51. The second kappa shape index (κ2) is 6.37. The summed E-state index contributed by atoms with van der Waals surface area (Å²) in [6, 6.07) is 5.35. The first-order valence-electron chi connectivity index (χ1n) is 7.00. The highest BCUT2D eigenvalue weighted by molar-refractivity contribution is 6.28. The molecule has 5 nitrogen and oxygen atoms in total. The van der Waals surface area contributed by atoms with E-state index in [0.717, 1.165) is 38.4 Å². The van der Waals surface area contributed by atoms with Crippen molar-refractivity contribution in [2.24, 2.45) is 0 Å². The van der Waals surface area contributed by atoms with Gasteiger partial charge in [-0.2, -0.15) is 0 Å². The van der Waals surface area contributed by atoms with Crippen LogP contribution in [0.25, 0.3) is 0 Å². The van der Waals surface area contributed by atoms with Gasteiger partial charge < -0.3 is 13.7 Å². The number of rotatable bonds is 3. The van der Waals surface area contributed by atoms with Crippen molar-refractivity contribution < 1.29 is 13.6 Å². The molecule has 3 rings (SSSR count). The zero-order valence-electron chi connectivity index (χ0n) is 11.6. The Morgan fingerprint density at radius 3 is 2.81 bits per heavy atom. The van der Waals surface area contributed by atoms with Crippen molar-refractivity contribution in [3.8, 4) is 0 Å². The molecule has 0 atom stereocenters. The summed E-state index contributed by atoms with van der Waals surface area (Å²) in [4.78, 5) is 16.4. The minimum absolute atomic E-state index is 0.0339. The topological polar surface area (TPSA) is 49.8 Å². The van der Waals surface area contributed by atoms with Crippen LogP contribution in [0.4, 0.5) is 0 Å². The van der Waals surface area contributed by atoms with E-state index in [2.05, 4.69) is 4.90 Å². The number of amides is 1. The van der Waals surface area contributed by atoms with E-state index in [1.807, 2.05) is 11.0 Å². The molecule has 1 amide bonds. The van der Waals surface area contributed by atoms with Gasteiger partial charge in [0.1, 0.15) is 12.0 Å². The molecular weight excluding hydrogens is 292 g/mol. The second-order valence-electron chi connectivity index (χ2n) is 5.14. The first-order valence-corrected chi connectivity index (χ1v) is 7.38. The van der Waals surface area contributed by atoms with Crippen molar-refractivity contribution in [3.63, 3.8) is 0 Å². The third-order valence-electron chi connectivity index (χ3n) is 3.65. The van der Waals surface area contributed by atoms with Gasteiger partial charge in [0.2, 0.25) is 0 Å². The normalized spacial score (nSPS) is 16.9. The summed E-state index contributed by atoms with van der Waals surface area (Å²) in [7, 11) is 0. The van der Waals surface area contributed by atoms with Crippen LogP contribution in [-0.2, 0) is 6.54 Å². The number of halogens is 1. The van der Waals surface area contributed by atoms with Gasteiger partial charge in [-0.15, -0.1) is 0 Å². The third kappa shape index (κ3) is 3.49. The smallest absolute Gasteiger partial charge is 0.257 e. The summed E-state index contributed by atoms with van der Waals surface area (Å²) in [6.45, 7) is 3.95. The maximum absolute atomic E-state index is 12.3. The Kier molecular flexibility index (Phi) is 4.31. The minimum Gasteiger partial charge on any atom is -0.472 e. The van der Waals surface area contributed by atoms with E-state index in [-0.39, 0.29) is 5.91 Å². The van der Waals surface area contributed by atoms with Crippen molar-refractivity contribution in [3.05, 3.63) is 47.3 Å². The standard InChI is InChI=1S/C15H17ClN2O3/c16-14-3-2-13(21-14)10-17-5-1-6-18(8-7-17)15(19)12-4-9-20-11-12/h2-4,9,11H,1,5-8,10H2. The Hall–Kier alpha value is -1.72. The van der Waals surface area contributed by atoms with E-state index in [4.69, 9.17) is 20.4 Å². The fraction of sp³-hybridized carbons (Fsp3) is 0.400. The van der Waals surface area contributed by atoms with Gasteiger partial charge >= 0.3 is 0 Å². The molecule has 1 fully saturated rings. The predicted molar refractivity (Wildman–Crippen MR) is 78.2 cm³/mol. The molecular formula is C15H17ClN2O3. The molecule has 0 aliphatic carbocycles. The highest BCUT2D eigenvalue weighted by atomic mass is 35.5. The lowest BCUT2D eigenvalue weighted by atomic mass is 10.3. The van der Waals surface area contributed by atoms with Crippen LogP contribution in [0.15, 0.2) is 39.6 Å². The van der Waals surface area contributed by atoms with Gasteiger partial charge in [0.15, 0.2) is 5.22 Å². The van der Waals surface area contributed by atoms with E-state index in [9.17, 15) is 4.79 Å². The average molecular weight is 309 g/mol.